The summed E-state index contributed by atoms with van der Waals surface area (Å²) in [6, 6.07) is 10.1. The van der Waals surface area contributed by atoms with Crippen molar-refractivity contribution < 1.29 is 4.79 Å². The van der Waals surface area contributed by atoms with Crippen molar-refractivity contribution in [1.29, 1.82) is 0 Å². The van der Waals surface area contributed by atoms with Crippen LogP contribution in [-0.2, 0) is 0 Å². The van der Waals surface area contributed by atoms with E-state index in [2.05, 4.69) is 22.3 Å². The molecule has 1 aliphatic rings. The minimum Gasteiger partial charge on any atom is -0.332 e. The van der Waals surface area contributed by atoms with Gasteiger partial charge in [0.2, 0.25) is 0 Å². The van der Waals surface area contributed by atoms with Crippen molar-refractivity contribution in [2.24, 2.45) is 0 Å². The molecule has 1 amide bonds. The van der Waals surface area contributed by atoms with Crippen LogP contribution < -0.4 is 5.32 Å². The SMILES string of the molecule is C[C@@H]1CNCCN1C(=O)c1csc(-c2cnn(-c3ccccc3)c2)n1. The minimum atomic E-state index is 0.00644. The normalized spacial score (nSPS) is 17.6. The fourth-order valence-corrected chi connectivity index (χ4v) is 3.72. The summed E-state index contributed by atoms with van der Waals surface area (Å²) in [5, 5.41) is 10.3. The van der Waals surface area contributed by atoms with Gasteiger partial charge in [-0.3, -0.25) is 4.79 Å². The van der Waals surface area contributed by atoms with E-state index in [0.717, 1.165) is 35.9 Å². The number of carbonyl (C=O) groups excluding carboxylic acids is 1. The summed E-state index contributed by atoms with van der Waals surface area (Å²) >= 11 is 1.48. The molecule has 0 spiro atoms. The second kappa shape index (κ2) is 6.78. The lowest BCUT2D eigenvalue weighted by molar-refractivity contribution is 0.0650. The topological polar surface area (TPSA) is 63.1 Å². The first-order valence-corrected chi connectivity index (χ1v) is 9.18. The van der Waals surface area contributed by atoms with Crippen molar-refractivity contribution >= 4 is 17.2 Å². The number of carbonyl (C=O) groups is 1. The van der Waals surface area contributed by atoms with E-state index in [-0.39, 0.29) is 11.9 Å². The molecule has 1 atom stereocenters. The zero-order chi connectivity index (χ0) is 17.2. The first kappa shape index (κ1) is 16.0. The Morgan fingerprint density at radius 2 is 2.16 bits per heavy atom. The molecular weight excluding hydrogens is 334 g/mol. The lowest BCUT2D eigenvalue weighted by atomic mass is 10.2. The molecular formula is C18H19N5OS. The third-order valence-electron chi connectivity index (χ3n) is 4.34. The van der Waals surface area contributed by atoms with Crippen LogP contribution in [0.1, 0.15) is 17.4 Å². The smallest absolute Gasteiger partial charge is 0.273 e. The Morgan fingerprint density at radius 1 is 1.32 bits per heavy atom. The Balaban J connectivity index is 1.55. The molecule has 1 N–H and O–H groups in total. The van der Waals surface area contributed by atoms with Crippen molar-refractivity contribution in [3.8, 4) is 16.3 Å². The summed E-state index contributed by atoms with van der Waals surface area (Å²) in [5.74, 6) is 0.00644. The largest absolute Gasteiger partial charge is 0.332 e. The van der Waals surface area contributed by atoms with Crippen LogP contribution in [-0.4, -0.2) is 51.2 Å². The number of nitrogens with one attached hydrogen (secondary N) is 1. The Bertz CT molecular complexity index is 872. The second-order valence-corrected chi connectivity index (χ2v) is 6.96. The van der Waals surface area contributed by atoms with Gasteiger partial charge in [-0.05, 0) is 19.1 Å². The Kier molecular flexibility index (Phi) is 4.33. The number of aromatic nitrogens is 3. The summed E-state index contributed by atoms with van der Waals surface area (Å²) < 4.78 is 1.82. The van der Waals surface area contributed by atoms with E-state index in [1.54, 1.807) is 6.20 Å². The summed E-state index contributed by atoms with van der Waals surface area (Å²) in [5.41, 5.74) is 2.43. The van der Waals surface area contributed by atoms with Gasteiger partial charge in [0.1, 0.15) is 10.7 Å². The van der Waals surface area contributed by atoms with Gasteiger partial charge in [0.15, 0.2) is 0 Å². The molecule has 0 bridgehead atoms. The predicted octanol–water partition coefficient (Wildman–Crippen LogP) is 2.43. The zero-order valence-electron chi connectivity index (χ0n) is 13.9. The number of benzene rings is 1. The summed E-state index contributed by atoms with van der Waals surface area (Å²) in [7, 11) is 0. The molecule has 2 aromatic heterocycles. The van der Waals surface area contributed by atoms with E-state index >= 15 is 0 Å². The third kappa shape index (κ3) is 3.20. The first-order valence-electron chi connectivity index (χ1n) is 8.30. The van der Waals surface area contributed by atoms with Crippen molar-refractivity contribution in [1.82, 2.24) is 25.0 Å². The monoisotopic (exact) mass is 353 g/mol. The molecule has 6 nitrogen and oxygen atoms in total. The number of rotatable bonds is 3. The molecule has 1 fully saturated rings. The molecule has 4 rings (SSSR count). The highest BCUT2D eigenvalue weighted by molar-refractivity contribution is 7.13. The molecule has 25 heavy (non-hydrogen) atoms. The van der Waals surface area contributed by atoms with Crippen LogP contribution in [0.3, 0.4) is 0 Å². The van der Waals surface area contributed by atoms with Crippen LogP contribution in [0, 0.1) is 0 Å². The predicted molar refractivity (Wildman–Crippen MR) is 98.0 cm³/mol. The summed E-state index contributed by atoms with van der Waals surface area (Å²) in [4.78, 5) is 19.1. The van der Waals surface area contributed by atoms with E-state index in [1.165, 1.54) is 11.3 Å². The van der Waals surface area contributed by atoms with Gasteiger partial charge in [-0.15, -0.1) is 11.3 Å². The van der Waals surface area contributed by atoms with Crippen LogP contribution in [0.15, 0.2) is 48.1 Å². The van der Waals surface area contributed by atoms with Crippen LogP contribution in [0.2, 0.25) is 0 Å². The number of hydrogen-bond acceptors (Lipinski definition) is 5. The molecule has 0 saturated carbocycles. The average molecular weight is 353 g/mol. The van der Waals surface area contributed by atoms with Gasteiger partial charge in [-0.1, -0.05) is 18.2 Å². The quantitative estimate of drug-likeness (QED) is 0.785. The molecule has 3 aromatic rings. The van der Waals surface area contributed by atoms with Crippen molar-refractivity contribution in [3.63, 3.8) is 0 Å². The number of amides is 1. The second-order valence-electron chi connectivity index (χ2n) is 6.10. The van der Waals surface area contributed by atoms with Crippen LogP contribution in [0.25, 0.3) is 16.3 Å². The van der Waals surface area contributed by atoms with Crippen LogP contribution in [0.5, 0.6) is 0 Å². The summed E-state index contributed by atoms with van der Waals surface area (Å²) in [6.45, 7) is 4.43. The number of hydrogen-bond donors (Lipinski definition) is 1. The molecule has 7 heteroatoms. The van der Waals surface area contributed by atoms with Gasteiger partial charge in [0, 0.05) is 42.8 Å². The fourth-order valence-electron chi connectivity index (χ4n) is 2.95. The van der Waals surface area contributed by atoms with Gasteiger partial charge in [-0.25, -0.2) is 9.67 Å². The molecule has 0 aliphatic carbocycles. The van der Waals surface area contributed by atoms with Crippen LogP contribution >= 0.6 is 11.3 Å². The number of thiazole rings is 1. The Labute approximate surface area is 150 Å². The Hall–Kier alpha value is -2.51. The average Bonchev–Trinajstić information content (AvgIpc) is 3.32. The number of piperazine rings is 1. The van der Waals surface area contributed by atoms with E-state index < -0.39 is 0 Å². The maximum absolute atomic E-state index is 12.7. The van der Waals surface area contributed by atoms with Gasteiger partial charge in [0.25, 0.3) is 5.91 Å². The molecule has 1 aromatic carbocycles. The maximum Gasteiger partial charge on any atom is 0.273 e. The molecule has 128 valence electrons. The maximum atomic E-state index is 12.7. The number of para-hydroxylation sites is 1. The summed E-state index contributed by atoms with van der Waals surface area (Å²) in [6.07, 6.45) is 3.73. The Morgan fingerprint density at radius 3 is 2.96 bits per heavy atom. The lowest BCUT2D eigenvalue weighted by Crippen LogP contribution is -2.52. The standard InChI is InChI=1S/C18H19N5OS/c1-13-9-19-7-8-22(13)18(24)16-12-25-17(21-16)14-10-20-23(11-14)15-5-3-2-4-6-15/h2-6,10-13,19H,7-9H2,1H3/t13-/m1/s1. The highest BCUT2D eigenvalue weighted by Crippen LogP contribution is 2.25. The fraction of sp³-hybridized carbons (Fsp3) is 0.278. The van der Waals surface area contributed by atoms with Gasteiger partial charge < -0.3 is 10.2 Å². The van der Waals surface area contributed by atoms with Crippen molar-refractivity contribution in [3.05, 3.63) is 53.8 Å². The highest BCUT2D eigenvalue weighted by atomic mass is 32.1. The first-order chi connectivity index (χ1) is 12.2. The van der Waals surface area contributed by atoms with E-state index in [4.69, 9.17) is 0 Å². The molecule has 0 radical (unpaired) electrons. The van der Waals surface area contributed by atoms with Crippen molar-refractivity contribution in [2.45, 2.75) is 13.0 Å². The zero-order valence-corrected chi connectivity index (χ0v) is 14.7. The van der Waals surface area contributed by atoms with E-state index in [9.17, 15) is 4.79 Å². The highest BCUT2D eigenvalue weighted by Gasteiger charge is 2.26. The van der Waals surface area contributed by atoms with Gasteiger partial charge in [0.05, 0.1) is 11.9 Å². The van der Waals surface area contributed by atoms with Gasteiger partial charge >= 0.3 is 0 Å². The van der Waals surface area contributed by atoms with Crippen LogP contribution in [0.4, 0.5) is 0 Å². The molecule has 3 heterocycles. The molecule has 1 aliphatic heterocycles. The lowest BCUT2D eigenvalue weighted by Gasteiger charge is -2.33. The van der Waals surface area contributed by atoms with Gasteiger partial charge in [-0.2, -0.15) is 5.10 Å². The van der Waals surface area contributed by atoms with E-state index in [1.807, 2.05) is 51.5 Å². The minimum absolute atomic E-state index is 0.00644. The molecule has 0 unspecified atom stereocenters. The number of nitrogens with zero attached hydrogens (tertiary/aromatic N) is 4. The van der Waals surface area contributed by atoms with Crippen molar-refractivity contribution in [2.75, 3.05) is 19.6 Å². The third-order valence-corrected chi connectivity index (χ3v) is 5.23. The molecule has 1 saturated heterocycles. The van der Waals surface area contributed by atoms with E-state index in [0.29, 0.717) is 5.69 Å².